The number of amides is 4. The number of carbonyl (C=O) groups excluding carboxylic acids is 4. The van der Waals surface area contributed by atoms with Crippen molar-refractivity contribution in [2.24, 2.45) is 5.73 Å². The van der Waals surface area contributed by atoms with Gasteiger partial charge in [0.25, 0.3) is 0 Å². The second-order valence-electron chi connectivity index (χ2n) is 10.7. The lowest BCUT2D eigenvalue weighted by atomic mass is 9.90. The van der Waals surface area contributed by atoms with Crippen LogP contribution in [-0.2, 0) is 32.8 Å². The summed E-state index contributed by atoms with van der Waals surface area (Å²) in [5, 5.41) is 3.21. The molecule has 41 heavy (non-hydrogen) atoms. The zero-order valence-electron chi connectivity index (χ0n) is 22.3. The lowest BCUT2D eigenvalue weighted by Gasteiger charge is -2.37. The first-order valence-corrected chi connectivity index (χ1v) is 14.0. The fourth-order valence-electron chi connectivity index (χ4n) is 6.18. The number of aryl methyl sites for hydroxylation is 1. The quantitative estimate of drug-likeness (QED) is 0.469. The molecule has 3 N–H and O–H groups in total. The maximum atomic E-state index is 14.5. The van der Waals surface area contributed by atoms with Gasteiger partial charge in [0.1, 0.15) is 6.04 Å². The van der Waals surface area contributed by atoms with E-state index in [1.165, 1.54) is 0 Å². The predicted molar refractivity (Wildman–Crippen MR) is 154 cm³/mol. The van der Waals surface area contributed by atoms with E-state index in [9.17, 15) is 19.2 Å². The average Bonchev–Trinajstić information content (AvgIpc) is 3.30. The Bertz CT molecular complexity index is 1560. The summed E-state index contributed by atoms with van der Waals surface area (Å²) in [6.45, 7) is 0.465. The smallest absolute Gasteiger partial charge is 0.412 e. The molecule has 210 valence electrons. The number of fused-ring (bicyclic) bond motifs is 3. The molecule has 3 aromatic carbocycles. The Morgan fingerprint density at radius 3 is 2.63 bits per heavy atom. The fraction of sp³-hybridized carbons (Fsp3) is 0.290. The number of benzene rings is 3. The van der Waals surface area contributed by atoms with Crippen LogP contribution in [-0.4, -0.2) is 47.8 Å². The molecule has 9 nitrogen and oxygen atoms in total. The molecule has 4 amide bonds. The Balaban J connectivity index is 1.39. The van der Waals surface area contributed by atoms with Crippen LogP contribution in [0.25, 0.3) is 0 Å². The third kappa shape index (κ3) is 5.02. The normalized spacial score (nSPS) is 20.5. The number of primary amides is 1. The highest BCUT2D eigenvalue weighted by Crippen LogP contribution is 2.44. The Morgan fingerprint density at radius 2 is 1.85 bits per heavy atom. The van der Waals surface area contributed by atoms with E-state index in [0.29, 0.717) is 47.8 Å². The van der Waals surface area contributed by atoms with E-state index in [1.807, 2.05) is 30.3 Å². The number of nitrogens with zero attached hydrogens (tertiary/aromatic N) is 2. The van der Waals surface area contributed by atoms with Gasteiger partial charge < -0.3 is 15.4 Å². The molecule has 0 aromatic heterocycles. The van der Waals surface area contributed by atoms with Gasteiger partial charge in [0.05, 0.1) is 12.2 Å². The van der Waals surface area contributed by atoms with Gasteiger partial charge in [0.2, 0.25) is 17.7 Å². The topological polar surface area (TPSA) is 122 Å². The van der Waals surface area contributed by atoms with Gasteiger partial charge in [-0.1, -0.05) is 41.9 Å². The number of halogens is 1. The van der Waals surface area contributed by atoms with Crippen molar-refractivity contribution >= 4 is 46.8 Å². The van der Waals surface area contributed by atoms with Gasteiger partial charge in [-0.15, -0.1) is 0 Å². The first kappa shape index (κ1) is 26.8. The SMILES string of the molecule is NC(=O)c1ccc2c(c1)CCCC(=O)N2[C@@H](Cc1ccccc1)C(=O)N1CCC2(C1)OC(=O)Nc1ccc(Cl)cc12. The Kier molecular flexibility index (Phi) is 6.91. The highest BCUT2D eigenvalue weighted by atomic mass is 35.5. The van der Waals surface area contributed by atoms with Gasteiger partial charge in [0, 0.05) is 47.6 Å². The number of ether oxygens (including phenoxy) is 1. The second-order valence-corrected chi connectivity index (χ2v) is 11.2. The van der Waals surface area contributed by atoms with Crippen LogP contribution in [0.5, 0.6) is 0 Å². The van der Waals surface area contributed by atoms with Gasteiger partial charge in [0.15, 0.2) is 5.60 Å². The molecule has 2 atom stereocenters. The van der Waals surface area contributed by atoms with Gasteiger partial charge in [-0.05, 0) is 60.4 Å². The van der Waals surface area contributed by atoms with E-state index < -0.39 is 23.6 Å². The number of hydrogen-bond acceptors (Lipinski definition) is 5. The molecule has 3 aromatic rings. The summed E-state index contributed by atoms with van der Waals surface area (Å²) in [7, 11) is 0. The molecule has 1 saturated heterocycles. The van der Waals surface area contributed by atoms with Crippen molar-refractivity contribution in [2.45, 2.75) is 43.7 Å². The number of likely N-dealkylation sites (tertiary alicyclic amines) is 1. The lowest BCUT2D eigenvalue weighted by molar-refractivity contribution is -0.134. The first-order chi connectivity index (χ1) is 19.7. The van der Waals surface area contributed by atoms with E-state index in [4.69, 9.17) is 22.1 Å². The van der Waals surface area contributed by atoms with E-state index in [0.717, 1.165) is 16.7 Å². The monoisotopic (exact) mass is 572 g/mol. The van der Waals surface area contributed by atoms with E-state index in [2.05, 4.69) is 5.32 Å². The van der Waals surface area contributed by atoms with E-state index in [-0.39, 0.29) is 31.2 Å². The van der Waals surface area contributed by atoms with Gasteiger partial charge in [-0.25, -0.2) is 4.79 Å². The number of hydrogen-bond donors (Lipinski definition) is 2. The molecule has 10 heteroatoms. The second kappa shape index (κ2) is 10.6. The third-order valence-corrected chi connectivity index (χ3v) is 8.37. The van der Waals surface area contributed by atoms with E-state index >= 15 is 0 Å². The molecular weight excluding hydrogens is 544 g/mol. The van der Waals surface area contributed by atoms with Gasteiger partial charge in [-0.2, -0.15) is 0 Å². The minimum absolute atomic E-state index is 0.132. The van der Waals surface area contributed by atoms with Crippen LogP contribution in [0, 0.1) is 0 Å². The number of carbonyl (C=O) groups is 4. The molecule has 1 spiro atoms. The molecule has 1 fully saturated rings. The lowest BCUT2D eigenvalue weighted by Crippen LogP contribution is -2.53. The molecule has 0 aliphatic carbocycles. The third-order valence-electron chi connectivity index (χ3n) is 8.14. The molecular formula is C31H29ClN4O5. The number of nitrogens with one attached hydrogen (secondary N) is 1. The summed E-state index contributed by atoms with van der Waals surface area (Å²) in [5.74, 6) is -0.959. The standard InChI is InChI=1S/C31H29ClN4O5/c32-22-10-11-24-23(17-22)31(41-30(40)34-24)13-14-35(18-31)29(39)26(15-19-5-2-1-3-6-19)36-25-12-9-21(28(33)38)16-20(25)7-4-8-27(36)37/h1-3,5-6,9-12,16-17,26H,4,7-8,13-15,18H2,(H2,33,38)(H,34,40)/t26-,31?/m0/s1. The van der Waals surface area contributed by atoms with Gasteiger partial charge in [-0.3, -0.25) is 24.6 Å². The van der Waals surface area contributed by atoms with Crippen LogP contribution in [0.2, 0.25) is 5.02 Å². The molecule has 6 rings (SSSR count). The highest BCUT2D eigenvalue weighted by molar-refractivity contribution is 6.30. The van der Waals surface area contributed by atoms with Crippen LogP contribution >= 0.6 is 11.6 Å². The van der Waals surface area contributed by atoms with Crippen molar-refractivity contribution in [1.82, 2.24) is 4.90 Å². The summed E-state index contributed by atoms with van der Waals surface area (Å²) in [6.07, 6.45) is 1.53. The molecule has 3 aliphatic heterocycles. The van der Waals surface area contributed by atoms with Crippen LogP contribution in [0.1, 0.15) is 46.3 Å². The fourth-order valence-corrected chi connectivity index (χ4v) is 6.35. The predicted octanol–water partition coefficient (Wildman–Crippen LogP) is 4.41. The minimum Gasteiger partial charge on any atom is -0.436 e. The van der Waals surface area contributed by atoms with Crippen LogP contribution in [0.3, 0.4) is 0 Å². The van der Waals surface area contributed by atoms with Crippen molar-refractivity contribution in [1.29, 1.82) is 0 Å². The van der Waals surface area contributed by atoms with Crippen molar-refractivity contribution in [3.63, 3.8) is 0 Å². The number of anilines is 2. The summed E-state index contributed by atoms with van der Waals surface area (Å²) in [6, 6.07) is 18.9. The largest absolute Gasteiger partial charge is 0.436 e. The average molecular weight is 573 g/mol. The molecule has 3 heterocycles. The summed E-state index contributed by atoms with van der Waals surface area (Å²) in [5.41, 5.74) is 8.46. The molecule has 0 saturated carbocycles. The molecule has 1 unspecified atom stereocenters. The van der Waals surface area contributed by atoms with Crippen molar-refractivity contribution in [2.75, 3.05) is 23.3 Å². The van der Waals surface area contributed by atoms with Crippen molar-refractivity contribution in [3.05, 3.63) is 94.0 Å². The zero-order valence-corrected chi connectivity index (χ0v) is 23.0. The summed E-state index contributed by atoms with van der Waals surface area (Å²) in [4.78, 5) is 55.8. The molecule has 0 bridgehead atoms. The maximum absolute atomic E-state index is 14.5. The van der Waals surface area contributed by atoms with Gasteiger partial charge >= 0.3 is 6.09 Å². The minimum atomic E-state index is -1.05. The van der Waals surface area contributed by atoms with Crippen molar-refractivity contribution in [3.8, 4) is 0 Å². The number of nitrogens with two attached hydrogens (primary N) is 1. The van der Waals surface area contributed by atoms with Crippen LogP contribution < -0.4 is 16.0 Å². The van der Waals surface area contributed by atoms with Crippen molar-refractivity contribution < 1.29 is 23.9 Å². The molecule has 0 radical (unpaired) electrons. The Hall–Kier alpha value is -4.37. The van der Waals surface area contributed by atoms with Crippen LogP contribution in [0.15, 0.2) is 66.7 Å². The summed E-state index contributed by atoms with van der Waals surface area (Å²) >= 11 is 6.30. The van der Waals surface area contributed by atoms with E-state index in [1.54, 1.807) is 46.2 Å². The zero-order chi connectivity index (χ0) is 28.7. The first-order valence-electron chi connectivity index (χ1n) is 13.6. The summed E-state index contributed by atoms with van der Waals surface area (Å²) < 4.78 is 5.85. The molecule has 3 aliphatic rings. The Labute approximate surface area is 242 Å². The highest BCUT2D eigenvalue weighted by Gasteiger charge is 2.50. The number of rotatable bonds is 5. The Morgan fingerprint density at radius 1 is 1.05 bits per heavy atom. The van der Waals surface area contributed by atoms with Crippen LogP contribution in [0.4, 0.5) is 16.2 Å². The maximum Gasteiger partial charge on any atom is 0.412 e.